The number of amides is 1. The van der Waals surface area contributed by atoms with Crippen LogP contribution in [-0.2, 0) is 22.1 Å². The highest BCUT2D eigenvalue weighted by Crippen LogP contribution is 2.37. The maximum atomic E-state index is 14.1. The van der Waals surface area contributed by atoms with Gasteiger partial charge in [-0.1, -0.05) is 30.0 Å². The van der Waals surface area contributed by atoms with E-state index in [0.717, 1.165) is 6.07 Å². The number of alkyl halides is 3. The maximum Gasteiger partial charge on any atom is 0.416 e. The first-order valence-corrected chi connectivity index (χ1v) is 13.9. The van der Waals surface area contributed by atoms with E-state index in [1.807, 2.05) is 0 Å². The van der Waals surface area contributed by atoms with E-state index in [1.165, 1.54) is 48.7 Å². The van der Waals surface area contributed by atoms with Crippen molar-refractivity contribution in [3.8, 4) is 11.8 Å². The van der Waals surface area contributed by atoms with Gasteiger partial charge < -0.3 is 19.3 Å². The van der Waals surface area contributed by atoms with E-state index in [4.69, 9.17) is 9.47 Å². The van der Waals surface area contributed by atoms with Crippen LogP contribution in [0.1, 0.15) is 63.7 Å². The van der Waals surface area contributed by atoms with Crippen LogP contribution in [0.5, 0.6) is 0 Å². The highest BCUT2D eigenvalue weighted by molar-refractivity contribution is 5.99. The number of Topliss-reactive ketones (excluding diaryl/α,β-unsaturated/α-hetero) is 1. The van der Waals surface area contributed by atoms with Crippen LogP contribution < -0.4 is 4.90 Å². The summed E-state index contributed by atoms with van der Waals surface area (Å²) in [5.74, 6) is 4.72. The minimum Gasteiger partial charge on any atom is -0.465 e. The number of ketones is 1. The van der Waals surface area contributed by atoms with Gasteiger partial charge in [0.2, 0.25) is 0 Å². The Labute approximate surface area is 253 Å². The monoisotopic (exact) mass is 607 g/mol. The molecule has 0 N–H and O–H groups in total. The zero-order chi connectivity index (χ0) is 32.1. The van der Waals surface area contributed by atoms with Gasteiger partial charge >= 0.3 is 18.2 Å². The predicted octanol–water partition coefficient (Wildman–Crippen LogP) is 5.77. The fourth-order valence-corrected chi connectivity index (χ4v) is 4.69. The van der Waals surface area contributed by atoms with Crippen LogP contribution in [0.15, 0.2) is 60.9 Å². The summed E-state index contributed by atoms with van der Waals surface area (Å²) >= 11 is 0. The molecular weight excluding hydrogens is 575 g/mol. The van der Waals surface area contributed by atoms with Crippen LogP contribution in [0.3, 0.4) is 0 Å². The number of hydrogen-bond donors (Lipinski definition) is 0. The Morgan fingerprint density at radius 2 is 1.55 bits per heavy atom. The molecule has 2 aromatic carbocycles. The number of rotatable bonds is 5. The van der Waals surface area contributed by atoms with Crippen LogP contribution in [0.2, 0.25) is 0 Å². The molecule has 0 aliphatic carbocycles. The minimum absolute atomic E-state index is 0.127. The van der Waals surface area contributed by atoms with Crippen LogP contribution in [0.4, 0.5) is 23.7 Å². The summed E-state index contributed by atoms with van der Waals surface area (Å²) in [5, 5.41) is 0. The fraction of sp³-hybridized carbons (Fsp3) is 0.333. The van der Waals surface area contributed by atoms with E-state index in [0.29, 0.717) is 16.8 Å². The summed E-state index contributed by atoms with van der Waals surface area (Å²) < 4.78 is 52.6. The first kappa shape index (κ1) is 32.1. The van der Waals surface area contributed by atoms with Gasteiger partial charge in [-0.25, -0.2) is 9.59 Å². The molecule has 1 aliphatic rings. The Balaban J connectivity index is 1.56. The molecule has 230 valence electrons. The second kappa shape index (κ2) is 13.2. The van der Waals surface area contributed by atoms with E-state index in [2.05, 4.69) is 16.8 Å². The van der Waals surface area contributed by atoms with Gasteiger partial charge in [-0.2, -0.15) is 13.2 Å². The van der Waals surface area contributed by atoms with Gasteiger partial charge in [0.25, 0.3) is 0 Å². The summed E-state index contributed by atoms with van der Waals surface area (Å²) in [6.07, 6.45) is -2.82. The van der Waals surface area contributed by atoms with Crippen molar-refractivity contribution in [3.63, 3.8) is 0 Å². The van der Waals surface area contributed by atoms with Crippen molar-refractivity contribution in [2.45, 2.75) is 39.0 Å². The molecule has 0 radical (unpaired) electrons. The van der Waals surface area contributed by atoms with Crippen molar-refractivity contribution in [1.29, 1.82) is 0 Å². The third-order valence-corrected chi connectivity index (χ3v) is 6.76. The first-order chi connectivity index (χ1) is 20.7. The maximum absolute atomic E-state index is 14.1. The second-order valence-corrected chi connectivity index (χ2v) is 11.1. The molecule has 0 atom stereocenters. The molecule has 8 nitrogen and oxygen atoms in total. The summed E-state index contributed by atoms with van der Waals surface area (Å²) in [7, 11) is 1.26. The van der Waals surface area contributed by atoms with Gasteiger partial charge in [0.05, 0.1) is 18.2 Å². The van der Waals surface area contributed by atoms with Crippen LogP contribution in [-0.4, -0.2) is 66.6 Å². The lowest BCUT2D eigenvalue weighted by Crippen LogP contribution is -2.50. The third-order valence-electron chi connectivity index (χ3n) is 6.76. The van der Waals surface area contributed by atoms with Crippen molar-refractivity contribution in [2.24, 2.45) is 0 Å². The average molecular weight is 608 g/mol. The molecule has 1 amide bonds. The molecule has 1 saturated heterocycles. The molecule has 2 heterocycles. The minimum atomic E-state index is -4.68. The molecule has 0 saturated carbocycles. The number of nitrogens with zero attached hydrogens (tertiary/aromatic N) is 3. The Bertz CT molecular complexity index is 1610. The van der Waals surface area contributed by atoms with E-state index >= 15 is 0 Å². The molecule has 4 rings (SSSR count). The number of carbonyl (C=O) groups is 3. The number of aromatic nitrogens is 1. The third kappa shape index (κ3) is 8.16. The summed E-state index contributed by atoms with van der Waals surface area (Å²) in [6, 6.07) is 11.7. The Kier molecular flexibility index (Phi) is 9.62. The molecule has 0 spiro atoms. The van der Waals surface area contributed by atoms with Crippen molar-refractivity contribution in [2.75, 3.05) is 38.2 Å². The summed E-state index contributed by atoms with van der Waals surface area (Å²) in [5.41, 5.74) is -0.0411. The molecular formula is C33H32F3N3O5. The van der Waals surface area contributed by atoms with Crippen molar-refractivity contribution >= 4 is 23.5 Å². The van der Waals surface area contributed by atoms with Crippen molar-refractivity contribution in [3.05, 3.63) is 94.3 Å². The van der Waals surface area contributed by atoms with E-state index in [1.54, 1.807) is 43.9 Å². The highest BCUT2D eigenvalue weighted by Gasteiger charge is 2.36. The summed E-state index contributed by atoms with van der Waals surface area (Å²) in [4.78, 5) is 44.9. The molecule has 1 aliphatic heterocycles. The zero-order valence-corrected chi connectivity index (χ0v) is 24.8. The van der Waals surface area contributed by atoms with Gasteiger partial charge in [-0.05, 0) is 56.7 Å². The quantitative estimate of drug-likeness (QED) is 0.207. The smallest absolute Gasteiger partial charge is 0.416 e. The number of methoxy groups -OCH3 is 1. The number of esters is 1. The molecule has 0 unspecified atom stereocenters. The van der Waals surface area contributed by atoms with Gasteiger partial charge in [0, 0.05) is 67.4 Å². The lowest BCUT2D eigenvalue weighted by atomic mass is 9.95. The SMILES string of the molecule is COC(=O)c1cncc(C#Cc2cccc(C(=O)Cc3c(N4CCN(C(=O)OC(C)(C)C)CC4)cccc3C(F)(F)F)c2)c1. The largest absolute Gasteiger partial charge is 0.465 e. The predicted molar refractivity (Wildman–Crippen MR) is 157 cm³/mol. The lowest BCUT2D eigenvalue weighted by molar-refractivity contribution is -0.138. The number of pyridine rings is 1. The Hall–Kier alpha value is -4.85. The summed E-state index contributed by atoms with van der Waals surface area (Å²) in [6.45, 7) is 6.36. The van der Waals surface area contributed by atoms with Gasteiger partial charge in [0.1, 0.15) is 5.60 Å². The van der Waals surface area contributed by atoms with E-state index in [-0.39, 0.29) is 42.9 Å². The van der Waals surface area contributed by atoms with Crippen molar-refractivity contribution < 1.29 is 37.0 Å². The number of halogens is 3. The van der Waals surface area contributed by atoms with Crippen LogP contribution in [0, 0.1) is 11.8 Å². The molecule has 0 bridgehead atoms. The van der Waals surface area contributed by atoms with Gasteiger partial charge in [-0.3, -0.25) is 9.78 Å². The molecule has 44 heavy (non-hydrogen) atoms. The van der Waals surface area contributed by atoms with Crippen LogP contribution >= 0.6 is 0 Å². The second-order valence-electron chi connectivity index (χ2n) is 11.1. The van der Waals surface area contributed by atoms with E-state index < -0.39 is 41.6 Å². The standard InChI is InChI=1S/C33H32F3N3O5/c1-32(2,3)44-31(42)39-15-13-38(14-16-39)28-10-6-9-27(33(34,35)36)26(28)19-29(40)24-8-5-7-22(17-24)11-12-23-18-25(21-37-20-23)30(41)43-4/h5-10,17-18,20-21H,13-16,19H2,1-4H3. The number of anilines is 1. The molecule has 1 fully saturated rings. The highest BCUT2D eigenvalue weighted by atomic mass is 19.4. The van der Waals surface area contributed by atoms with Gasteiger partial charge in [-0.15, -0.1) is 0 Å². The molecule has 1 aromatic heterocycles. The first-order valence-electron chi connectivity index (χ1n) is 13.9. The normalized spacial score (nSPS) is 13.5. The molecule has 3 aromatic rings. The van der Waals surface area contributed by atoms with Crippen molar-refractivity contribution in [1.82, 2.24) is 9.88 Å². The lowest BCUT2D eigenvalue weighted by Gasteiger charge is -2.38. The number of piperazine rings is 1. The number of carbonyl (C=O) groups excluding carboxylic acids is 3. The number of hydrogen-bond acceptors (Lipinski definition) is 7. The van der Waals surface area contributed by atoms with Crippen LogP contribution in [0.25, 0.3) is 0 Å². The molecule has 11 heteroatoms. The Morgan fingerprint density at radius 3 is 2.20 bits per heavy atom. The van der Waals surface area contributed by atoms with Gasteiger partial charge in [0.15, 0.2) is 5.78 Å². The number of benzene rings is 2. The fourth-order valence-electron chi connectivity index (χ4n) is 4.69. The Morgan fingerprint density at radius 1 is 0.886 bits per heavy atom. The van der Waals surface area contributed by atoms with E-state index in [9.17, 15) is 27.6 Å². The average Bonchev–Trinajstić information content (AvgIpc) is 2.98. The zero-order valence-electron chi connectivity index (χ0n) is 24.8. The topological polar surface area (TPSA) is 89.0 Å². The number of ether oxygens (including phenoxy) is 2.